The molecule has 0 aliphatic carbocycles. The fourth-order valence-electron chi connectivity index (χ4n) is 4.13. The Kier molecular flexibility index (Phi) is 6.12. The number of piperidine rings is 1. The number of aromatic nitrogens is 4. The number of nitrogens with one attached hydrogen (secondary N) is 2. The maximum Gasteiger partial charge on any atom is 0.269 e. The van der Waals surface area contributed by atoms with E-state index < -0.39 is 5.92 Å². The Labute approximate surface area is 201 Å². The van der Waals surface area contributed by atoms with Crippen LogP contribution in [0.5, 0.6) is 0 Å². The number of amides is 1. The van der Waals surface area contributed by atoms with Crippen LogP contribution in [0.2, 0.25) is 0 Å². The molecule has 0 saturated carbocycles. The second kappa shape index (κ2) is 9.38. The number of rotatable bonds is 6. The number of carbonyl (C=O) groups is 1. The molecule has 1 amide bonds. The minimum atomic E-state index is -2.53. The van der Waals surface area contributed by atoms with Crippen LogP contribution in [0.4, 0.5) is 20.4 Å². The average Bonchev–Trinajstić information content (AvgIpc) is 3.28. The van der Waals surface area contributed by atoms with Crippen LogP contribution in [0.15, 0.2) is 60.9 Å². The van der Waals surface area contributed by atoms with Crippen molar-refractivity contribution in [3.05, 3.63) is 72.2 Å². The smallest absolute Gasteiger partial charge is 0.269 e. The number of nitrogens with zero attached hydrogens (tertiary/aromatic N) is 5. The Bertz CT molecular complexity index is 1330. The third-order valence-electron chi connectivity index (χ3n) is 6.10. The predicted octanol–water partition coefficient (Wildman–Crippen LogP) is 4.13. The van der Waals surface area contributed by atoms with Crippen LogP contribution in [0.1, 0.15) is 28.9 Å². The summed E-state index contributed by atoms with van der Waals surface area (Å²) in [7, 11) is 1.56. The van der Waals surface area contributed by atoms with Gasteiger partial charge in [0.2, 0.25) is 5.95 Å². The van der Waals surface area contributed by atoms with Crippen LogP contribution in [0, 0.1) is 0 Å². The Morgan fingerprint density at radius 1 is 1.09 bits per heavy atom. The molecule has 1 saturated heterocycles. The van der Waals surface area contributed by atoms with Gasteiger partial charge in [-0.05, 0) is 35.4 Å². The number of hydrogen-bond acceptors (Lipinski definition) is 6. The van der Waals surface area contributed by atoms with Gasteiger partial charge in [-0.3, -0.25) is 9.69 Å². The third kappa shape index (κ3) is 5.12. The Hall–Kier alpha value is -3.92. The van der Waals surface area contributed by atoms with E-state index in [9.17, 15) is 13.6 Å². The highest BCUT2D eigenvalue weighted by Crippen LogP contribution is 2.29. The molecule has 1 fully saturated rings. The van der Waals surface area contributed by atoms with E-state index in [1.807, 2.05) is 42.6 Å². The first-order chi connectivity index (χ1) is 16.9. The summed E-state index contributed by atoms with van der Waals surface area (Å²) in [5.41, 5.74) is 4.67. The Balaban J connectivity index is 1.31. The standard InChI is InChI=1S/C25H25F2N7O/c1-28-23(35)21-9-8-19(15-29-21)30-24-31-22-20(3-2-12-34(22)32-24)18-6-4-17(5-7-18)16-33-13-10-25(26,27)11-14-33/h2-9,12,15H,10-11,13-14,16H2,1H3,(H,28,35)(H,30,32). The van der Waals surface area contributed by atoms with Gasteiger partial charge in [-0.2, -0.15) is 4.98 Å². The zero-order chi connectivity index (χ0) is 24.4. The fourth-order valence-corrected chi connectivity index (χ4v) is 4.13. The molecule has 0 bridgehead atoms. The number of pyridine rings is 2. The Morgan fingerprint density at radius 3 is 2.54 bits per heavy atom. The molecular weight excluding hydrogens is 452 g/mol. The molecule has 1 aromatic carbocycles. The quantitative estimate of drug-likeness (QED) is 0.434. The van der Waals surface area contributed by atoms with Gasteiger partial charge in [-0.1, -0.05) is 24.3 Å². The zero-order valence-electron chi connectivity index (χ0n) is 19.2. The zero-order valence-corrected chi connectivity index (χ0v) is 19.2. The number of hydrogen-bond donors (Lipinski definition) is 2. The normalized spacial score (nSPS) is 15.7. The molecule has 35 heavy (non-hydrogen) atoms. The van der Waals surface area contributed by atoms with Crippen molar-refractivity contribution < 1.29 is 13.6 Å². The second-order valence-electron chi connectivity index (χ2n) is 8.59. The summed E-state index contributed by atoms with van der Waals surface area (Å²) >= 11 is 0. The lowest BCUT2D eigenvalue weighted by Gasteiger charge is -2.31. The van der Waals surface area contributed by atoms with Crippen LogP contribution in [-0.4, -0.2) is 56.4 Å². The molecule has 4 aromatic rings. The molecule has 1 aliphatic rings. The summed E-state index contributed by atoms with van der Waals surface area (Å²) in [6, 6.07) is 15.4. The molecule has 0 atom stereocenters. The van der Waals surface area contributed by atoms with E-state index in [2.05, 4.69) is 30.6 Å². The summed E-state index contributed by atoms with van der Waals surface area (Å²) in [6.07, 6.45) is 3.22. The van der Waals surface area contributed by atoms with Crippen molar-refractivity contribution in [3.8, 4) is 11.1 Å². The summed E-state index contributed by atoms with van der Waals surface area (Å²) < 4.78 is 28.5. The first kappa shape index (κ1) is 22.9. The van der Waals surface area contributed by atoms with Crippen molar-refractivity contribution in [2.24, 2.45) is 0 Å². The minimum absolute atomic E-state index is 0.0788. The van der Waals surface area contributed by atoms with Gasteiger partial charge in [0, 0.05) is 51.3 Å². The molecule has 3 aromatic heterocycles. The highest BCUT2D eigenvalue weighted by Gasteiger charge is 2.33. The number of fused-ring (bicyclic) bond motifs is 1. The second-order valence-corrected chi connectivity index (χ2v) is 8.59. The highest BCUT2D eigenvalue weighted by atomic mass is 19.3. The maximum absolute atomic E-state index is 13.4. The molecule has 8 nitrogen and oxygen atoms in total. The van der Waals surface area contributed by atoms with E-state index in [0.29, 0.717) is 42.6 Å². The lowest BCUT2D eigenvalue weighted by Crippen LogP contribution is -2.38. The van der Waals surface area contributed by atoms with Crippen molar-refractivity contribution in [1.29, 1.82) is 0 Å². The van der Waals surface area contributed by atoms with Gasteiger partial charge in [-0.15, -0.1) is 5.10 Å². The van der Waals surface area contributed by atoms with Crippen molar-refractivity contribution in [2.75, 3.05) is 25.5 Å². The average molecular weight is 478 g/mol. The molecular formula is C25H25F2N7O. The third-order valence-corrected chi connectivity index (χ3v) is 6.10. The molecule has 5 rings (SSSR count). The summed E-state index contributed by atoms with van der Waals surface area (Å²) in [5, 5.41) is 10.2. The van der Waals surface area contributed by atoms with E-state index in [0.717, 1.165) is 16.7 Å². The van der Waals surface area contributed by atoms with Gasteiger partial charge in [0.15, 0.2) is 5.65 Å². The van der Waals surface area contributed by atoms with E-state index in [-0.39, 0.29) is 18.7 Å². The van der Waals surface area contributed by atoms with Crippen LogP contribution in [0.25, 0.3) is 16.8 Å². The van der Waals surface area contributed by atoms with Crippen LogP contribution < -0.4 is 10.6 Å². The van der Waals surface area contributed by atoms with Gasteiger partial charge in [0.25, 0.3) is 11.8 Å². The van der Waals surface area contributed by atoms with Gasteiger partial charge in [0.1, 0.15) is 5.69 Å². The molecule has 180 valence electrons. The highest BCUT2D eigenvalue weighted by molar-refractivity contribution is 5.92. The number of halogens is 2. The molecule has 2 N–H and O–H groups in total. The van der Waals surface area contributed by atoms with Gasteiger partial charge in [-0.25, -0.2) is 18.3 Å². The van der Waals surface area contributed by atoms with Crippen LogP contribution in [-0.2, 0) is 6.54 Å². The van der Waals surface area contributed by atoms with E-state index in [1.165, 1.54) is 0 Å². The van der Waals surface area contributed by atoms with Crippen molar-refractivity contribution in [3.63, 3.8) is 0 Å². The van der Waals surface area contributed by atoms with Crippen LogP contribution >= 0.6 is 0 Å². The number of benzene rings is 1. The SMILES string of the molecule is CNC(=O)c1ccc(Nc2nc3c(-c4ccc(CN5CCC(F)(F)CC5)cc4)cccn3n2)cn1. The lowest BCUT2D eigenvalue weighted by molar-refractivity contribution is -0.0566. The largest absolute Gasteiger partial charge is 0.354 e. The molecule has 10 heteroatoms. The van der Waals surface area contributed by atoms with Crippen molar-refractivity contribution in [1.82, 2.24) is 29.8 Å². The monoisotopic (exact) mass is 477 g/mol. The summed E-state index contributed by atoms with van der Waals surface area (Å²) in [6.45, 7) is 1.48. The first-order valence-electron chi connectivity index (χ1n) is 11.4. The lowest BCUT2D eigenvalue weighted by atomic mass is 10.0. The summed E-state index contributed by atoms with van der Waals surface area (Å²) in [4.78, 5) is 22.5. The topological polar surface area (TPSA) is 87.5 Å². The molecule has 1 aliphatic heterocycles. The molecule has 0 radical (unpaired) electrons. The minimum Gasteiger partial charge on any atom is -0.354 e. The Morgan fingerprint density at radius 2 is 1.86 bits per heavy atom. The molecule has 0 unspecified atom stereocenters. The van der Waals surface area contributed by atoms with E-state index in [1.54, 1.807) is 29.9 Å². The summed E-state index contributed by atoms with van der Waals surface area (Å²) in [5.74, 6) is -2.38. The van der Waals surface area contributed by atoms with E-state index in [4.69, 9.17) is 0 Å². The number of likely N-dealkylation sites (tertiary alicyclic amines) is 1. The fraction of sp³-hybridized carbons (Fsp3) is 0.280. The van der Waals surface area contributed by atoms with Gasteiger partial charge in [0.05, 0.1) is 11.9 Å². The van der Waals surface area contributed by atoms with Crippen LogP contribution in [0.3, 0.4) is 0 Å². The number of anilines is 2. The van der Waals surface area contributed by atoms with Gasteiger partial charge < -0.3 is 10.6 Å². The van der Waals surface area contributed by atoms with Crippen molar-refractivity contribution in [2.45, 2.75) is 25.3 Å². The number of alkyl halides is 2. The first-order valence-corrected chi connectivity index (χ1v) is 11.4. The van der Waals surface area contributed by atoms with Gasteiger partial charge >= 0.3 is 0 Å². The number of carbonyl (C=O) groups excluding carboxylic acids is 1. The molecule has 4 heterocycles. The molecule has 0 spiro atoms. The predicted molar refractivity (Wildman–Crippen MR) is 129 cm³/mol. The maximum atomic E-state index is 13.4. The van der Waals surface area contributed by atoms with E-state index >= 15 is 0 Å². The van der Waals surface area contributed by atoms with Crippen molar-refractivity contribution >= 4 is 23.2 Å².